The first kappa shape index (κ1) is 27.9. The van der Waals surface area contributed by atoms with Gasteiger partial charge < -0.3 is 10.4 Å². The molecule has 0 radical (unpaired) electrons. The van der Waals surface area contributed by atoms with E-state index in [1.807, 2.05) is 30.3 Å². The molecule has 1 fully saturated rings. The maximum atomic E-state index is 12.4. The lowest BCUT2D eigenvalue weighted by molar-refractivity contribution is -0.122. The van der Waals surface area contributed by atoms with Crippen LogP contribution in [0, 0.1) is 0 Å². The van der Waals surface area contributed by atoms with Gasteiger partial charge in [0.2, 0.25) is 5.91 Å². The highest BCUT2D eigenvalue weighted by atomic mass is 16.3. The van der Waals surface area contributed by atoms with E-state index < -0.39 is 6.10 Å². The van der Waals surface area contributed by atoms with Crippen LogP contribution in [0.15, 0.2) is 30.3 Å². The van der Waals surface area contributed by atoms with Gasteiger partial charge in [-0.3, -0.25) is 9.69 Å². The van der Waals surface area contributed by atoms with E-state index in [0.29, 0.717) is 12.8 Å². The van der Waals surface area contributed by atoms with Crippen molar-refractivity contribution in [1.82, 2.24) is 10.2 Å². The van der Waals surface area contributed by atoms with Crippen LogP contribution in [-0.2, 0) is 4.79 Å². The molecular formula is C29H50N2O2. The predicted molar refractivity (Wildman–Crippen MR) is 139 cm³/mol. The Morgan fingerprint density at radius 2 is 1.52 bits per heavy atom. The second-order valence-corrected chi connectivity index (χ2v) is 9.97. The molecule has 1 aromatic rings. The summed E-state index contributed by atoms with van der Waals surface area (Å²) < 4.78 is 0. The van der Waals surface area contributed by atoms with Crippen LogP contribution in [0.4, 0.5) is 0 Å². The van der Waals surface area contributed by atoms with E-state index in [1.165, 1.54) is 77.0 Å². The Labute approximate surface area is 203 Å². The zero-order valence-corrected chi connectivity index (χ0v) is 21.3. The fourth-order valence-corrected chi connectivity index (χ4v) is 4.95. The van der Waals surface area contributed by atoms with Crippen LogP contribution in [0.25, 0.3) is 0 Å². The first-order valence-electron chi connectivity index (χ1n) is 14.0. The summed E-state index contributed by atoms with van der Waals surface area (Å²) in [5.41, 5.74) is 0.972. The SMILES string of the molecule is CCCCCCCCCCCCCCCC(=O)NC1CCCN1CCC(O)c1ccccc1. The maximum absolute atomic E-state index is 12.4. The van der Waals surface area contributed by atoms with Gasteiger partial charge in [-0.25, -0.2) is 0 Å². The van der Waals surface area contributed by atoms with Gasteiger partial charge in [-0.1, -0.05) is 114 Å². The maximum Gasteiger partial charge on any atom is 0.221 e. The number of aliphatic hydroxyl groups excluding tert-OH is 1. The van der Waals surface area contributed by atoms with Crippen LogP contribution in [0.3, 0.4) is 0 Å². The van der Waals surface area contributed by atoms with Crippen molar-refractivity contribution in [1.29, 1.82) is 0 Å². The Morgan fingerprint density at radius 1 is 0.939 bits per heavy atom. The number of hydrogen-bond acceptors (Lipinski definition) is 3. The summed E-state index contributed by atoms with van der Waals surface area (Å²) in [6.45, 7) is 4.10. The molecule has 0 aromatic heterocycles. The number of amides is 1. The first-order chi connectivity index (χ1) is 16.2. The van der Waals surface area contributed by atoms with Crippen molar-refractivity contribution < 1.29 is 9.90 Å². The molecule has 1 aromatic carbocycles. The van der Waals surface area contributed by atoms with Crippen LogP contribution in [0.1, 0.15) is 128 Å². The van der Waals surface area contributed by atoms with E-state index in [0.717, 1.165) is 37.9 Å². The van der Waals surface area contributed by atoms with Gasteiger partial charge >= 0.3 is 0 Å². The minimum absolute atomic E-state index is 0.141. The van der Waals surface area contributed by atoms with E-state index in [4.69, 9.17) is 0 Å². The van der Waals surface area contributed by atoms with Gasteiger partial charge in [0.05, 0.1) is 12.3 Å². The molecule has 4 heteroatoms. The van der Waals surface area contributed by atoms with Gasteiger partial charge in [-0.2, -0.15) is 0 Å². The number of nitrogens with one attached hydrogen (secondary N) is 1. The zero-order valence-electron chi connectivity index (χ0n) is 21.3. The zero-order chi connectivity index (χ0) is 23.6. The van der Waals surface area contributed by atoms with Gasteiger partial charge in [0, 0.05) is 19.5 Å². The minimum Gasteiger partial charge on any atom is -0.388 e. The van der Waals surface area contributed by atoms with Crippen LogP contribution in [0.5, 0.6) is 0 Å². The monoisotopic (exact) mass is 458 g/mol. The van der Waals surface area contributed by atoms with Crippen LogP contribution in [-0.4, -0.2) is 35.2 Å². The molecule has 2 rings (SSSR count). The molecule has 1 aliphatic heterocycles. The molecule has 2 atom stereocenters. The Balaban J connectivity index is 1.45. The van der Waals surface area contributed by atoms with Crippen molar-refractivity contribution >= 4 is 5.91 Å². The standard InChI is InChI=1S/C29H50N2O2/c1-2-3-4-5-6-7-8-9-10-11-12-13-17-22-29(33)30-28-21-18-24-31(28)25-23-27(32)26-19-15-14-16-20-26/h14-16,19-20,27-28,32H,2-13,17-18,21-25H2,1H3,(H,30,33). The van der Waals surface area contributed by atoms with Gasteiger partial charge in [-0.15, -0.1) is 0 Å². The number of carbonyl (C=O) groups excluding carboxylic acids is 1. The van der Waals surface area contributed by atoms with Crippen molar-refractivity contribution in [2.24, 2.45) is 0 Å². The van der Waals surface area contributed by atoms with E-state index in [9.17, 15) is 9.90 Å². The molecule has 2 N–H and O–H groups in total. The highest BCUT2D eigenvalue weighted by molar-refractivity contribution is 5.76. The molecule has 4 nitrogen and oxygen atoms in total. The third kappa shape index (κ3) is 12.6. The molecule has 0 spiro atoms. The molecule has 0 bridgehead atoms. The highest BCUT2D eigenvalue weighted by Gasteiger charge is 2.26. The summed E-state index contributed by atoms with van der Waals surface area (Å²) in [4.78, 5) is 14.7. The molecule has 1 heterocycles. The second kappa shape index (κ2) is 18.0. The Hall–Kier alpha value is -1.39. The molecule has 2 unspecified atom stereocenters. The fourth-order valence-electron chi connectivity index (χ4n) is 4.95. The number of carbonyl (C=O) groups is 1. The number of unbranched alkanes of at least 4 members (excludes halogenated alkanes) is 12. The molecule has 33 heavy (non-hydrogen) atoms. The van der Waals surface area contributed by atoms with Crippen molar-refractivity contribution in [3.05, 3.63) is 35.9 Å². The topological polar surface area (TPSA) is 52.6 Å². The number of benzene rings is 1. The van der Waals surface area contributed by atoms with Crippen molar-refractivity contribution in [2.75, 3.05) is 13.1 Å². The summed E-state index contributed by atoms with van der Waals surface area (Å²) in [6, 6.07) is 9.86. The molecule has 188 valence electrons. The lowest BCUT2D eigenvalue weighted by Gasteiger charge is -2.26. The molecular weight excluding hydrogens is 408 g/mol. The molecule has 1 saturated heterocycles. The quantitative estimate of drug-likeness (QED) is 0.217. The molecule has 0 saturated carbocycles. The van der Waals surface area contributed by atoms with Crippen LogP contribution in [0.2, 0.25) is 0 Å². The van der Waals surface area contributed by atoms with Crippen molar-refractivity contribution in [3.8, 4) is 0 Å². The molecule has 0 aliphatic carbocycles. The number of hydrogen-bond donors (Lipinski definition) is 2. The summed E-state index contributed by atoms with van der Waals surface area (Å²) in [5.74, 6) is 0.193. The summed E-state index contributed by atoms with van der Waals surface area (Å²) in [6.07, 6.45) is 20.5. The average molecular weight is 459 g/mol. The lowest BCUT2D eigenvalue weighted by Crippen LogP contribution is -2.44. The predicted octanol–water partition coefficient (Wildman–Crippen LogP) is 7.13. The Bertz CT molecular complexity index is 607. The van der Waals surface area contributed by atoms with Gasteiger partial charge in [0.25, 0.3) is 0 Å². The second-order valence-electron chi connectivity index (χ2n) is 9.97. The third-order valence-electron chi connectivity index (χ3n) is 7.07. The summed E-state index contributed by atoms with van der Waals surface area (Å²) in [5, 5.41) is 13.7. The van der Waals surface area contributed by atoms with Crippen molar-refractivity contribution in [2.45, 2.75) is 128 Å². The normalized spacial score (nSPS) is 17.3. The van der Waals surface area contributed by atoms with E-state index in [2.05, 4.69) is 17.1 Å². The number of likely N-dealkylation sites (tertiary alicyclic amines) is 1. The number of rotatable bonds is 19. The minimum atomic E-state index is -0.436. The summed E-state index contributed by atoms with van der Waals surface area (Å²) >= 11 is 0. The van der Waals surface area contributed by atoms with Crippen LogP contribution >= 0.6 is 0 Å². The molecule has 1 aliphatic rings. The highest BCUT2D eigenvalue weighted by Crippen LogP contribution is 2.21. The Morgan fingerprint density at radius 3 is 2.12 bits per heavy atom. The molecule has 1 amide bonds. The first-order valence-corrected chi connectivity index (χ1v) is 14.0. The van der Waals surface area contributed by atoms with Crippen molar-refractivity contribution in [3.63, 3.8) is 0 Å². The summed E-state index contributed by atoms with van der Waals surface area (Å²) in [7, 11) is 0. The lowest BCUT2D eigenvalue weighted by atomic mass is 10.0. The van der Waals surface area contributed by atoms with Gasteiger partial charge in [-0.05, 0) is 31.2 Å². The van der Waals surface area contributed by atoms with Gasteiger partial charge in [0.1, 0.15) is 0 Å². The number of nitrogens with zero attached hydrogens (tertiary/aromatic N) is 1. The Kier molecular flexibility index (Phi) is 15.2. The average Bonchev–Trinajstić information content (AvgIpc) is 3.27. The van der Waals surface area contributed by atoms with E-state index >= 15 is 0 Å². The van der Waals surface area contributed by atoms with Crippen LogP contribution < -0.4 is 5.32 Å². The third-order valence-corrected chi connectivity index (χ3v) is 7.07. The fraction of sp³-hybridized carbons (Fsp3) is 0.759. The number of aliphatic hydroxyl groups is 1. The van der Waals surface area contributed by atoms with Gasteiger partial charge in [0.15, 0.2) is 0 Å². The largest absolute Gasteiger partial charge is 0.388 e. The smallest absolute Gasteiger partial charge is 0.221 e. The van der Waals surface area contributed by atoms with E-state index in [-0.39, 0.29) is 12.1 Å². The van der Waals surface area contributed by atoms with E-state index in [1.54, 1.807) is 0 Å².